The van der Waals surface area contributed by atoms with Gasteiger partial charge in [0.25, 0.3) is 15.9 Å². The molecule has 0 aliphatic carbocycles. The Morgan fingerprint density at radius 2 is 1.58 bits per heavy atom. The Labute approximate surface area is 155 Å². The van der Waals surface area contributed by atoms with E-state index in [0.717, 1.165) is 37.1 Å². The smallest absolute Gasteiger partial charge is 0.261 e. The van der Waals surface area contributed by atoms with Crippen molar-refractivity contribution in [3.05, 3.63) is 59.2 Å². The molecular formula is C20H24N2O3S. The predicted octanol–water partition coefficient (Wildman–Crippen LogP) is 3.73. The molecular weight excluding hydrogens is 348 g/mol. The number of amides is 1. The van der Waals surface area contributed by atoms with Crippen molar-refractivity contribution in [1.82, 2.24) is 4.90 Å². The van der Waals surface area contributed by atoms with E-state index in [9.17, 15) is 13.2 Å². The Kier molecular flexibility index (Phi) is 5.32. The Bertz CT molecular complexity index is 899. The fourth-order valence-electron chi connectivity index (χ4n) is 3.06. The molecule has 3 rings (SSSR count). The molecule has 0 radical (unpaired) electrons. The minimum absolute atomic E-state index is 0.00765. The lowest BCUT2D eigenvalue weighted by atomic mass is 10.1. The van der Waals surface area contributed by atoms with Crippen molar-refractivity contribution in [3.63, 3.8) is 0 Å². The van der Waals surface area contributed by atoms with Gasteiger partial charge in [-0.15, -0.1) is 0 Å². The van der Waals surface area contributed by atoms with Gasteiger partial charge in [0.15, 0.2) is 0 Å². The molecule has 138 valence electrons. The Hall–Kier alpha value is -2.34. The maximum Gasteiger partial charge on any atom is 0.261 e. The van der Waals surface area contributed by atoms with E-state index in [2.05, 4.69) is 4.72 Å². The number of benzene rings is 2. The Morgan fingerprint density at radius 1 is 0.923 bits per heavy atom. The van der Waals surface area contributed by atoms with Gasteiger partial charge in [-0.2, -0.15) is 0 Å². The van der Waals surface area contributed by atoms with Gasteiger partial charge in [-0.1, -0.05) is 6.07 Å². The first kappa shape index (κ1) is 18.5. The molecule has 5 nitrogen and oxygen atoms in total. The van der Waals surface area contributed by atoms with Crippen molar-refractivity contribution in [2.24, 2.45) is 0 Å². The van der Waals surface area contributed by atoms with Gasteiger partial charge < -0.3 is 4.90 Å². The standard InChI is InChI=1S/C20H24N2O3S/c1-15-6-11-19(14-16(15)2)26(24,25)21-18-9-7-17(8-10-18)20(23)22-12-4-3-5-13-22/h6-11,14,21H,3-5,12-13H2,1-2H3. The fourth-order valence-corrected chi connectivity index (χ4v) is 4.20. The number of piperidine rings is 1. The van der Waals surface area contributed by atoms with E-state index >= 15 is 0 Å². The summed E-state index contributed by atoms with van der Waals surface area (Å²) in [7, 11) is -3.65. The molecule has 0 spiro atoms. The zero-order chi connectivity index (χ0) is 18.7. The number of hydrogen-bond donors (Lipinski definition) is 1. The summed E-state index contributed by atoms with van der Waals surface area (Å²) in [5.74, 6) is 0.00765. The molecule has 0 unspecified atom stereocenters. The third-order valence-electron chi connectivity index (χ3n) is 4.82. The van der Waals surface area contributed by atoms with Crippen LogP contribution in [0, 0.1) is 13.8 Å². The molecule has 0 saturated carbocycles. The van der Waals surface area contributed by atoms with Crippen LogP contribution in [0.25, 0.3) is 0 Å². The Morgan fingerprint density at radius 3 is 2.19 bits per heavy atom. The first-order valence-corrected chi connectivity index (χ1v) is 10.3. The van der Waals surface area contributed by atoms with Gasteiger partial charge in [0.2, 0.25) is 0 Å². The third-order valence-corrected chi connectivity index (χ3v) is 6.19. The molecule has 6 heteroatoms. The highest BCUT2D eigenvalue weighted by atomic mass is 32.2. The van der Waals surface area contributed by atoms with E-state index < -0.39 is 10.0 Å². The number of nitrogens with zero attached hydrogens (tertiary/aromatic N) is 1. The maximum atomic E-state index is 12.5. The monoisotopic (exact) mass is 372 g/mol. The van der Waals surface area contributed by atoms with Crippen LogP contribution in [-0.2, 0) is 10.0 Å². The highest BCUT2D eigenvalue weighted by Crippen LogP contribution is 2.20. The zero-order valence-electron chi connectivity index (χ0n) is 15.2. The van der Waals surface area contributed by atoms with Crippen molar-refractivity contribution in [2.75, 3.05) is 17.8 Å². The van der Waals surface area contributed by atoms with E-state index in [0.29, 0.717) is 11.3 Å². The van der Waals surface area contributed by atoms with Crippen LogP contribution in [-0.4, -0.2) is 32.3 Å². The lowest BCUT2D eigenvalue weighted by molar-refractivity contribution is 0.0724. The first-order valence-electron chi connectivity index (χ1n) is 8.86. The number of rotatable bonds is 4. The minimum atomic E-state index is -3.65. The molecule has 1 aliphatic rings. The molecule has 1 fully saturated rings. The molecule has 1 N–H and O–H groups in total. The van der Waals surface area contributed by atoms with Gasteiger partial charge in [0, 0.05) is 24.3 Å². The first-order chi connectivity index (χ1) is 12.4. The average Bonchev–Trinajstić information content (AvgIpc) is 2.64. The van der Waals surface area contributed by atoms with Gasteiger partial charge in [-0.05, 0) is 80.6 Å². The summed E-state index contributed by atoms with van der Waals surface area (Å²) in [6.45, 7) is 5.41. The summed E-state index contributed by atoms with van der Waals surface area (Å²) in [4.78, 5) is 14.6. The van der Waals surface area contributed by atoms with E-state index in [1.165, 1.54) is 6.42 Å². The van der Waals surface area contributed by atoms with E-state index in [4.69, 9.17) is 0 Å². The van der Waals surface area contributed by atoms with Crippen LogP contribution in [0.5, 0.6) is 0 Å². The number of anilines is 1. The summed E-state index contributed by atoms with van der Waals surface area (Å²) in [5, 5.41) is 0. The van der Waals surface area contributed by atoms with Crippen LogP contribution in [0.3, 0.4) is 0 Å². The number of hydrogen-bond acceptors (Lipinski definition) is 3. The quantitative estimate of drug-likeness (QED) is 0.889. The fraction of sp³-hybridized carbons (Fsp3) is 0.350. The van der Waals surface area contributed by atoms with Crippen LogP contribution in [0.2, 0.25) is 0 Å². The molecule has 0 bridgehead atoms. The molecule has 0 atom stereocenters. The summed E-state index contributed by atoms with van der Waals surface area (Å²) < 4.78 is 27.7. The van der Waals surface area contributed by atoms with Gasteiger partial charge in [0.1, 0.15) is 0 Å². The third kappa shape index (κ3) is 4.07. The lowest BCUT2D eigenvalue weighted by Crippen LogP contribution is -2.35. The van der Waals surface area contributed by atoms with Crippen LogP contribution in [0.15, 0.2) is 47.4 Å². The van der Waals surface area contributed by atoms with Crippen molar-refractivity contribution in [3.8, 4) is 0 Å². The number of nitrogens with one attached hydrogen (secondary N) is 1. The van der Waals surface area contributed by atoms with Gasteiger partial charge in [-0.3, -0.25) is 9.52 Å². The number of aryl methyl sites for hydroxylation is 2. The van der Waals surface area contributed by atoms with Gasteiger partial charge in [0.05, 0.1) is 4.90 Å². The summed E-state index contributed by atoms with van der Waals surface area (Å²) >= 11 is 0. The lowest BCUT2D eigenvalue weighted by Gasteiger charge is -2.26. The Balaban J connectivity index is 1.74. The van der Waals surface area contributed by atoms with E-state index in [1.54, 1.807) is 42.5 Å². The van der Waals surface area contributed by atoms with Crippen molar-refractivity contribution >= 4 is 21.6 Å². The molecule has 1 heterocycles. The molecule has 0 aromatic heterocycles. The summed E-state index contributed by atoms with van der Waals surface area (Å²) in [6, 6.07) is 11.7. The highest BCUT2D eigenvalue weighted by Gasteiger charge is 2.19. The minimum Gasteiger partial charge on any atom is -0.339 e. The highest BCUT2D eigenvalue weighted by molar-refractivity contribution is 7.92. The maximum absolute atomic E-state index is 12.5. The van der Waals surface area contributed by atoms with Crippen LogP contribution in [0.1, 0.15) is 40.7 Å². The second-order valence-electron chi connectivity index (χ2n) is 6.78. The number of carbonyl (C=O) groups is 1. The summed E-state index contributed by atoms with van der Waals surface area (Å²) in [5.41, 5.74) is 3.00. The van der Waals surface area contributed by atoms with E-state index in [1.807, 2.05) is 18.7 Å². The molecule has 1 saturated heterocycles. The second kappa shape index (κ2) is 7.50. The molecule has 2 aromatic rings. The zero-order valence-corrected chi connectivity index (χ0v) is 16.0. The number of carbonyl (C=O) groups excluding carboxylic acids is 1. The molecule has 26 heavy (non-hydrogen) atoms. The largest absolute Gasteiger partial charge is 0.339 e. The summed E-state index contributed by atoms with van der Waals surface area (Å²) in [6.07, 6.45) is 3.25. The predicted molar refractivity (Wildman–Crippen MR) is 103 cm³/mol. The van der Waals surface area contributed by atoms with Crippen molar-refractivity contribution in [1.29, 1.82) is 0 Å². The van der Waals surface area contributed by atoms with E-state index in [-0.39, 0.29) is 10.8 Å². The number of likely N-dealkylation sites (tertiary alicyclic amines) is 1. The van der Waals surface area contributed by atoms with Crippen molar-refractivity contribution in [2.45, 2.75) is 38.0 Å². The SMILES string of the molecule is Cc1ccc(S(=O)(=O)Nc2ccc(C(=O)N3CCCCC3)cc2)cc1C. The van der Waals surface area contributed by atoms with Crippen LogP contribution >= 0.6 is 0 Å². The van der Waals surface area contributed by atoms with Crippen LogP contribution in [0.4, 0.5) is 5.69 Å². The normalized spacial score (nSPS) is 14.9. The molecule has 1 amide bonds. The van der Waals surface area contributed by atoms with Crippen LogP contribution < -0.4 is 4.72 Å². The van der Waals surface area contributed by atoms with Gasteiger partial charge in [-0.25, -0.2) is 8.42 Å². The van der Waals surface area contributed by atoms with Crippen molar-refractivity contribution < 1.29 is 13.2 Å². The molecule has 1 aliphatic heterocycles. The topological polar surface area (TPSA) is 66.5 Å². The second-order valence-corrected chi connectivity index (χ2v) is 8.46. The molecule has 2 aromatic carbocycles. The van der Waals surface area contributed by atoms with Gasteiger partial charge >= 0.3 is 0 Å². The average molecular weight is 372 g/mol. The number of sulfonamides is 1.